The van der Waals surface area contributed by atoms with E-state index in [2.05, 4.69) is 10.3 Å². The Morgan fingerprint density at radius 2 is 1.89 bits per heavy atom. The van der Waals surface area contributed by atoms with Gasteiger partial charge in [-0.1, -0.05) is 0 Å². The van der Waals surface area contributed by atoms with Gasteiger partial charge in [-0.2, -0.15) is 0 Å². The normalized spacial score (nSPS) is 10.7. The zero-order chi connectivity index (χ0) is 19.6. The third-order valence-electron chi connectivity index (χ3n) is 4.15. The lowest BCUT2D eigenvalue weighted by molar-refractivity contribution is 0.0525. The van der Waals surface area contributed by atoms with Gasteiger partial charge in [-0.05, 0) is 58.0 Å². The van der Waals surface area contributed by atoms with E-state index in [1.54, 1.807) is 19.1 Å². The van der Waals surface area contributed by atoms with Crippen molar-refractivity contribution in [3.63, 3.8) is 0 Å². The number of anilines is 1. The molecular formula is C20H21N3O3S. The summed E-state index contributed by atoms with van der Waals surface area (Å²) < 4.78 is 7.08. The molecule has 2 heterocycles. The van der Waals surface area contributed by atoms with Gasteiger partial charge >= 0.3 is 5.97 Å². The Morgan fingerprint density at radius 1 is 1.19 bits per heavy atom. The molecule has 0 bridgehead atoms. The van der Waals surface area contributed by atoms with E-state index in [1.807, 2.05) is 48.9 Å². The number of carbonyl (C=O) groups excluding carboxylic acids is 2. The van der Waals surface area contributed by atoms with Crippen molar-refractivity contribution in [1.29, 1.82) is 0 Å². The SMILES string of the molecule is CCOC(=O)c1cc(C)n(-c2ccc(C(=O)Nc3nc(C)cs3)cc2)c1C. The number of benzene rings is 1. The Labute approximate surface area is 161 Å². The molecule has 0 spiro atoms. The number of ether oxygens (including phenoxy) is 1. The van der Waals surface area contributed by atoms with Crippen LogP contribution in [0.2, 0.25) is 0 Å². The van der Waals surface area contributed by atoms with Gasteiger partial charge in [0.15, 0.2) is 5.13 Å². The molecule has 3 aromatic rings. The van der Waals surface area contributed by atoms with E-state index in [-0.39, 0.29) is 11.9 Å². The van der Waals surface area contributed by atoms with Gasteiger partial charge in [-0.15, -0.1) is 11.3 Å². The minimum absolute atomic E-state index is 0.205. The summed E-state index contributed by atoms with van der Waals surface area (Å²) in [6, 6.07) is 9.05. The fourth-order valence-corrected chi connectivity index (χ4v) is 3.60. The summed E-state index contributed by atoms with van der Waals surface area (Å²) in [7, 11) is 0. The minimum Gasteiger partial charge on any atom is -0.462 e. The Kier molecular flexibility index (Phi) is 5.41. The summed E-state index contributed by atoms with van der Waals surface area (Å²) in [5, 5.41) is 5.26. The number of hydrogen-bond acceptors (Lipinski definition) is 5. The first-order chi connectivity index (χ1) is 12.9. The van der Waals surface area contributed by atoms with Crippen LogP contribution in [0, 0.1) is 20.8 Å². The molecule has 0 aliphatic rings. The number of aromatic nitrogens is 2. The van der Waals surface area contributed by atoms with Crippen LogP contribution < -0.4 is 5.32 Å². The molecule has 3 rings (SSSR count). The summed E-state index contributed by atoms with van der Waals surface area (Å²) in [6.45, 7) is 7.82. The van der Waals surface area contributed by atoms with Gasteiger partial charge in [0.25, 0.3) is 5.91 Å². The van der Waals surface area contributed by atoms with Gasteiger partial charge in [-0.3, -0.25) is 10.1 Å². The Morgan fingerprint density at radius 3 is 2.48 bits per heavy atom. The Bertz CT molecular complexity index is 987. The van der Waals surface area contributed by atoms with Crippen molar-refractivity contribution in [2.75, 3.05) is 11.9 Å². The average Bonchev–Trinajstić information content (AvgIpc) is 3.18. The molecule has 0 aliphatic heterocycles. The van der Waals surface area contributed by atoms with E-state index in [0.29, 0.717) is 22.9 Å². The zero-order valence-electron chi connectivity index (χ0n) is 15.7. The first-order valence-corrected chi connectivity index (χ1v) is 9.48. The van der Waals surface area contributed by atoms with Crippen molar-refractivity contribution in [1.82, 2.24) is 9.55 Å². The maximum Gasteiger partial charge on any atom is 0.339 e. The van der Waals surface area contributed by atoms with Crippen molar-refractivity contribution >= 4 is 28.3 Å². The topological polar surface area (TPSA) is 73.2 Å². The number of esters is 1. The number of aryl methyl sites for hydroxylation is 2. The number of nitrogens with one attached hydrogen (secondary N) is 1. The summed E-state index contributed by atoms with van der Waals surface area (Å²) in [4.78, 5) is 28.7. The second-order valence-electron chi connectivity index (χ2n) is 6.14. The molecule has 0 unspecified atom stereocenters. The van der Waals surface area contributed by atoms with E-state index < -0.39 is 0 Å². The number of carbonyl (C=O) groups is 2. The van der Waals surface area contributed by atoms with Gasteiger partial charge in [0, 0.05) is 28.0 Å². The fourth-order valence-electron chi connectivity index (χ4n) is 2.92. The van der Waals surface area contributed by atoms with Crippen LogP contribution >= 0.6 is 11.3 Å². The molecule has 140 valence electrons. The van der Waals surface area contributed by atoms with E-state index in [9.17, 15) is 9.59 Å². The molecule has 0 fully saturated rings. The average molecular weight is 383 g/mol. The molecule has 0 aliphatic carbocycles. The van der Waals surface area contributed by atoms with Crippen molar-refractivity contribution in [3.8, 4) is 5.69 Å². The molecule has 2 aromatic heterocycles. The molecule has 0 saturated heterocycles. The van der Waals surface area contributed by atoms with Crippen LogP contribution in [-0.2, 0) is 4.74 Å². The molecule has 7 heteroatoms. The van der Waals surface area contributed by atoms with Crippen LogP contribution in [0.15, 0.2) is 35.7 Å². The Balaban J connectivity index is 1.83. The second kappa shape index (κ2) is 7.75. The molecule has 1 N–H and O–H groups in total. The molecule has 27 heavy (non-hydrogen) atoms. The summed E-state index contributed by atoms with van der Waals surface area (Å²) in [5.41, 5.74) is 4.58. The highest BCUT2D eigenvalue weighted by molar-refractivity contribution is 7.13. The number of nitrogens with zero attached hydrogens (tertiary/aromatic N) is 2. The number of rotatable bonds is 5. The van der Waals surface area contributed by atoms with E-state index in [1.165, 1.54) is 11.3 Å². The van der Waals surface area contributed by atoms with Gasteiger partial charge < -0.3 is 9.30 Å². The van der Waals surface area contributed by atoms with Crippen LogP contribution in [0.4, 0.5) is 5.13 Å². The molecule has 0 radical (unpaired) electrons. The zero-order valence-corrected chi connectivity index (χ0v) is 16.5. The molecule has 1 amide bonds. The lowest BCUT2D eigenvalue weighted by atomic mass is 10.2. The van der Waals surface area contributed by atoms with Crippen molar-refractivity contribution in [2.24, 2.45) is 0 Å². The minimum atomic E-state index is -0.327. The number of thiazole rings is 1. The number of amides is 1. The Hall–Kier alpha value is -2.93. The van der Waals surface area contributed by atoms with Crippen molar-refractivity contribution < 1.29 is 14.3 Å². The quantitative estimate of drug-likeness (QED) is 0.667. The summed E-state index contributed by atoms with van der Waals surface area (Å²) in [5.74, 6) is -0.532. The van der Waals surface area contributed by atoms with Crippen LogP contribution in [0.5, 0.6) is 0 Å². The van der Waals surface area contributed by atoms with Gasteiger partial charge in [0.05, 0.1) is 17.9 Å². The molecule has 1 aromatic carbocycles. The number of hydrogen-bond donors (Lipinski definition) is 1. The van der Waals surface area contributed by atoms with E-state index in [0.717, 1.165) is 22.8 Å². The first-order valence-electron chi connectivity index (χ1n) is 8.60. The maximum absolute atomic E-state index is 12.4. The predicted octanol–water partition coefficient (Wildman–Crippen LogP) is 4.29. The molecular weight excluding hydrogens is 362 g/mol. The summed E-state index contributed by atoms with van der Waals surface area (Å²) in [6.07, 6.45) is 0. The highest BCUT2D eigenvalue weighted by atomic mass is 32.1. The highest BCUT2D eigenvalue weighted by Crippen LogP contribution is 2.22. The van der Waals surface area contributed by atoms with Crippen LogP contribution in [0.25, 0.3) is 5.69 Å². The second-order valence-corrected chi connectivity index (χ2v) is 6.99. The van der Waals surface area contributed by atoms with Gasteiger partial charge in [0.2, 0.25) is 0 Å². The highest BCUT2D eigenvalue weighted by Gasteiger charge is 2.18. The molecule has 0 atom stereocenters. The van der Waals surface area contributed by atoms with Crippen molar-refractivity contribution in [2.45, 2.75) is 27.7 Å². The van der Waals surface area contributed by atoms with Crippen molar-refractivity contribution in [3.05, 3.63) is 63.9 Å². The van der Waals surface area contributed by atoms with Crippen LogP contribution in [0.1, 0.15) is 44.7 Å². The maximum atomic E-state index is 12.4. The van der Waals surface area contributed by atoms with E-state index in [4.69, 9.17) is 4.74 Å². The predicted molar refractivity (Wildman–Crippen MR) is 106 cm³/mol. The standard InChI is InChI=1S/C20H21N3O3S/c1-5-26-19(25)17-10-13(3)23(14(17)4)16-8-6-15(7-9-16)18(24)22-20-21-12(2)11-27-20/h6-11H,5H2,1-4H3,(H,21,22,24). The van der Waals surface area contributed by atoms with Gasteiger partial charge in [-0.25, -0.2) is 9.78 Å². The van der Waals surface area contributed by atoms with Gasteiger partial charge in [0.1, 0.15) is 0 Å². The summed E-state index contributed by atoms with van der Waals surface area (Å²) >= 11 is 1.39. The third-order valence-corrected chi connectivity index (χ3v) is 5.03. The van der Waals surface area contributed by atoms with Crippen LogP contribution in [0.3, 0.4) is 0 Å². The smallest absolute Gasteiger partial charge is 0.339 e. The van der Waals surface area contributed by atoms with Crippen LogP contribution in [-0.4, -0.2) is 28.0 Å². The third kappa shape index (κ3) is 3.93. The fraction of sp³-hybridized carbons (Fsp3) is 0.250. The largest absolute Gasteiger partial charge is 0.462 e. The molecule has 0 saturated carbocycles. The lowest BCUT2D eigenvalue weighted by Gasteiger charge is -2.11. The van der Waals surface area contributed by atoms with E-state index >= 15 is 0 Å². The monoisotopic (exact) mass is 383 g/mol. The first kappa shape index (κ1) is 18.8. The lowest BCUT2D eigenvalue weighted by Crippen LogP contribution is -2.12. The molecule has 6 nitrogen and oxygen atoms in total.